The van der Waals surface area contributed by atoms with Crippen LogP contribution in [0.2, 0.25) is 0 Å². The summed E-state index contributed by atoms with van der Waals surface area (Å²) in [7, 11) is 0. The van der Waals surface area contributed by atoms with Gasteiger partial charge in [0.25, 0.3) is 0 Å². The number of hydrogen-bond donors (Lipinski definition) is 2. The Balaban J connectivity index is 1.38. The molecule has 3 N–H and O–H groups in total. The smallest absolute Gasteiger partial charge is 0.231 e. The zero-order chi connectivity index (χ0) is 24.1. The number of thiophene rings is 1. The molecule has 0 saturated carbocycles. The van der Waals surface area contributed by atoms with Gasteiger partial charge in [-0.25, -0.2) is 9.07 Å². The van der Waals surface area contributed by atoms with Crippen molar-refractivity contribution in [1.29, 1.82) is 0 Å². The van der Waals surface area contributed by atoms with E-state index < -0.39 is 0 Å². The van der Waals surface area contributed by atoms with Crippen molar-refractivity contribution in [2.24, 2.45) is 0 Å². The largest absolute Gasteiger partial charge is 0.485 e. The van der Waals surface area contributed by atoms with E-state index in [1.54, 1.807) is 12.1 Å². The Labute approximate surface area is 205 Å². The number of nitrogens with two attached hydrogens (primary N) is 1. The second-order valence-corrected chi connectivity index (χ2v) is 9.56. The summed E-state index contributed by atoms with van der Waals surface area (Å²) >= 11 is 2.70. The van der Waals surface area contributed by atoms with Gasteiger partial charge in [-0.3, -0.25) is 4.79 Å². The van der Waals surface area contributed by atoms with Crippen molar-refractivity contribution in [3.8, 4) is 5.75 Å². The zero-order valence-corrected chi connectivity index (χ0v) is 20.3. The first kappa shape index (κ1) is 23.8. The predicted molar refractivity (Wildman–Crippen MR) is 132 cm³/mol. The van der Waals surface area contributed by atoms with Crippen LogP contribution in [-0.4, -0.2) is 26.5 Å². The summed E-state index contributed by atoms with van der Waals surface area (Å²) in [5.74, 6) is 6.95. The van der Waals surface area contributed by atoms with Crippen LogP contribution in [0.25, 0.3) is 0 Å². The van der Waals surface area contributed by atoms with Crippen LogP contribution < -0.4 is 15.9 Å². The van der Waals surface area contributed by atoms with E-state index in [1.165, 1.54) is 39.9 Å². The first-order chi connectivity index (χ1) is 16.4. The van der Waals surface area contributed by atoms with Crippen molar-refractivity contribution in [3.63, 3.8) is 0 Å². The van der Waals surface area contributed by atoms with Crippen LogP contribution in [0.15, 0.2) is 65.1 Å². The van der Waals surface area contributed by atoms with Crippen LogP contribution in [0, 0.1) is 19.7 Å². The number of aryl methyl sites for hydroxylation is 2. The molecule has 34 heavy (non-hydrogen) atoms. The molecule has 0 aliphatic rings. The molecule has 1 unspecified atom stereocenters. The highest BCUT2D eigenvalue weighted by atomic mass is 32.2. The average molecular weight is 498 g/mol. The minimum Gasteiger partial charge on any atom is -0.485 e. The standard InChI is InChI=1S/C24H24FN5O2S2/c1-15-5-3-6-16(2)23(15)32-13-20-28-29-24(30(20)26)34-14-21(31)27-22(19-7-4-12-33-19)17-8-10-18(25)11-9-17/h3-12,22H,13-14,26H2,1-2H3,(H,27,31). The van der Waals surface area contributed by atoms with Crippen LogP contribution in [-0.2, 0) is 11.4 Å². The summed E-state index contributed by atoms with van der Waals surface area (Å²) in [5.41, 5.74) is 2.85. The number of aromatic nitrogens is 3. The van der Waals surface area contributed by atoms with Gasteiger partial charge in [-0.15, -0.1) is 21.5 Å². The summed E-state index contributed by atoms with van der Waals surface area (Å²) < 4.78 is 20.6. The van der Waals surface area contributed by atoms with Crippen molar-refractivity contribution >= 4 is 29.0 Å². The van der Waals surface area contributed by atoms with Gasteiger partial charge in [-0.2, -0.15) is 0 Å². The molecule has 0 aliphatic carbocycles. The van der Waals surface area contributed by atoms with Gasteiger partial charge in [0.2, 0.25) is 11.1 Å². The molecular weight excluding hydrogens is 473 g/mol. The molecule has 4 rings (SSSR count). The maximum Gasteiger partial charge on any atom is 0.231 e. The Morgan fingerprint density at radius 1 is 1.15 bits per heavy atom. The predicted octanol–water partition coefficient (Wildman–Crippen LogP) is 4.39. The number of para-hydroxylation sites is 1. The van der Waals surface area contributed by atoms with Gasteiger partial charge in [0.1, 0.15) is 18.2 Å². The summed E-state index contributed by atoms with van der Waals surface area (Å²) in [5, 5.41) is 13.6. The summed E-state index contributed by atoms with van der Waals surface area (Å²) in [4.78, 5) is 13.7. The van der Waals surface area contributed by atoms with Crippen LogP contribution in [0.4, 0.5) is 4.39 Å². The summed E-state index contributed by atoms with van der Waals surface area (Å²) in [6, 6.07) is 15.5. The number of carbonyl (C=O) groups excluding carboxylic acids is 1. The number of benzene rings is 2. The third-order valence-electron chi connectivity index (χ3n) is 5.16. The molecule has 2 aromatic heterocycles. The molecule has 4 aromatic rings. The molecule has 2 aromatic carbocycles. The second-order valence-electron chi connectivity index (χ2n) is 7.63. The van der Waals surface area contributed by atoms with Crippen molar-refractivity contribution in [3.05, 3.63) is 93.2 Å². The minimum absolute atomic E-state index is 0.0934. The van der Waals surface area contributed by atoms with E-state index >= 15 is 0 Å². The Kier molecular flexibility index (Phi) is 7.49. The number of ether oxygens (including phenoxy) is 1. The Bertz CT molecular complexity index is 1240. The van der Waals surface area contributed by atoms with Crippen LogP contribution in [0.3, 0.4) is 0 Å². The fourth-order valence-electron chi connectivity index (χ4n) is 3.43. The minimum atomic E-state index is -0.370. The van der Waals surface area contributed by atoms with Crippen LogP contribution >= 0.6 is 23.1 Å². The van der Waals surface area contributed by atoms with Crippen molar-refractivity contribution in [2.75, 3.05) is 11.6 Å². The zero-order valence-electron chi connectivity index (χ0n) is 18.7. The number of amides is 1. The van der Waals surface area contributed by atoms with Crippen LogP contribution in [0.1, 0.15) is 33.4 Å². The Hall–Kier alpha value is -3.37. The topological polar surface area (TPSA) is 95.1 Å². The maximum absolute atomic E-state index is 13.4. The number of thioether (sulfide) groups is 1. The number of carbonyl (C=O) groups is 1. The first-order valence-corrected chi connectivity index (χ1v) is 12.4. The first-order valence-electron chi connectivity index (χ1n) is 10.5. The van der Waals surface area contributed by atoms with E-state index in [9.17, 15) is 9.18 Å². The Morgan fingerprint density at radius 3 is 2.56 bits per heavy atom. The van der Waals surface area contributed by atoms with Crippen molar-refractivity contribution < 1.29 is 13.9 Å². The van der Waals surface area contributed by atoms with Gasteiger partial charge in [-0.1, -0.05) is 48.2 Å². The van der Waals surface area contributed by atoms with Gasteiger partial charge in [-0.05, 0) is 54.1 Å². The molecule has 0 saturated heterocycles. The molecule has 1 amide bonds. The lowest BCUT2D eigenvalue weighted by atomic mass is 10.1. The quantitative estimate of drug-likeness (QED) is 0.263. The number of halogens is 1. The van der Waals surface area contributed by atoms with E-state index in [0.29, 0.717) is 11.0 Å². The molecule has 176 valence electrons. The molecule has 0 radical (unpaired) electrons. The number of rotatable bonds is 9. The van der Waals surface area contributed by atoms with Crippen molar-refractivity contribution in [2.45, 2.75) is 31.7 Å². The van der Waals surface area contributed by atoms with Crippen LogP contribution in [0.5, 0.6) is 5.75 Å². The molecule has 0 spiro atoms. The highest BCUT2D eigenvalue weighted by molar-refractivity contribution is 7.99. The second kappa shape index (κ2) is 10.7. The lowest BCUT2D eigenvalue weighted by Crippen LogP contribution is -2.30. The number of nitrogens with one attached hydrogen (secondary N) is 1. The molecule has 0 aliphatic heterocycles. The summed E-state index contributed by atoms with van der Waals surface area (Å²) in [6.45, 7) is 4.11. The Morgan fingerprint density at radius 2 is 1.88 bits per heavy atom. The van der Waals surface area contributed by atoms with Gasteiger partial charge < -0.3 is 15.9 Å². The SMILES string of the molecule is Cc1cccc(C)c1OCc1nnc(SCC(=O)NC(c2ccc(F)cc2)c2cccs2)n1N. The maximum atomic E-state index is 13.4. The monoisotopic (exact) mass is 497 g/mol. The molecule has 2 heterocycles. The molecule has 0 bridgehead atoms. The van der Waals surface area contributed by atoms with E-state index in [4.69, 9.17) is 10.6 Å². The molecule has 10 heteroatoms. The lowest BCUT2D eigenvalue weighted by Gasteiger charge is -2.18. The fourth-order valence-corrected chi connectivity index (χ4v) is 4.92. The van der Waals surface area contributed by atoms with Gasteiger partial charge in [0.15, 0.2) is 5.82 Å². The molecular formula is C24H24FN5O2S2. The van der Waals surface area contributed by atoms with E-state index in [0.717, 1.165) is 27.3 Å². The third kappa shape index (κ3) is 5.57. The van der Waals surface area contributed by atoms with Crippen molar-refractivity contribution in [1.82, 2.24) is 20.2 Å². The molecule has 7 nitrogen and oxygen atoms in total. The highest BCUT2D eigenvalue weighted by Gasteiger charge is 2.19. The van der Waals surface area contributed by atoms with Gasteiger partial charge in [0, 0.05) is 4.88 Å². The highest BCUT2D eigenvalue weighted by Crippen LogP contribution is 2.27. The van der Waals surface area contributed by atoms with E-state index in [-0.39, 0.29) is 30.1 Å². The lowest BCUT2D eigenvalue weighted by molar-refractivity contribution is -0.119. The third-order valence-corrected chi connectivity index (χ3v) is 7.04. The normalized spacial score (nSPS) is 11.9. The number of hydrogen-bond acceptors (Lipinski definition) is 7. The van der Waals surface area contributed by atoms with Gasteiger partial charge >= 0.3 is 0 Å². The average Bonchev–Trinajstić information content (AvgIpc) is 3.47. The fraction of sp³-hybridized carbons (Fsp3) is 0.208. The van der Waals surface area contributed by atoms with E-state index in [1.807, 2.05) is 49.6 Å². The molecule has 1 atom stereocenters. The number of nitrogen functional groups attached to an aromatic ring is 1. The molecule has 0 fully saturated rings. The number of nitrogens with zero attached hydrogens (tertiary/aromatic N) is 3. The summed E-state index contributed by atoms with van der Waals surface area (Å²) in [6.07, 6.45) is 0. The van der Waals surface area contributed by atoms with Gasteiger partial charge in [0.05, 0.1) is 11.8 Å². The van der Waals surface area contributed by atoms with E-state index in [2.05, 4.69) is 15.5 Å².